The van der Waals surface area contributed by atoms with Crippen molar-refractivity contribution >= 4 is 0 Å². The van der Waals surface area contributed by atoms with E-state index in [9.17, 15) is 5.26 Å². The Labute approximate surface area is 93.3 Å². The first-order chi connectivity index (χ1) is 7.22. The van der Waals surface area contributed by atoms with Gasteiger partial charge in [0.15, 0.2) is 0 Å². The molecule has 0 aromatic carbocycles. The Bertz CT molecular complexity index is 254. The Kier molecular flexibility index (Phi) is 3.31. The highest BCUT2D eigenvalue weighted by molar-refractivity contribution is 5.04. The van der Waals surface area contributed by atoms with Crippen molar-refractivity contribution in [1.82, 2.24) is 4.90 Å². The third kappa shape index (κ3) is 2.18. The zero-order valence-corrected chi connectivity index (χ0v) is 9.95. The molecule has 0 amide bonds. The smallest absolute Gasteiger partial charge is 0.0661 e. The second-order valence-electron chi connectivity index (χ2n) is 5.60. The summed E-state index contributed by atoms with van der Waals surface area (Å²) < 4.78 is 0. The molecule has 0 radical (unpaired) electrons. The summed E-state index contributed by atoms with van der Waals surface area (Å²) in [6.45, 7) is 1.17. The molecule has 2 saturated carbocycles. The average molecular weight is 206 g/mol. The van der Waals surface area contributed by atoms with Crippen LogP contribution in [0.4, 0.5) is 0 Å². The molecular weight excluding hydrogens is 184 g/mol. The number of rotatable bonds is 4. The van der Waals surface area contributed by atoms with Crippen LogP contribution in [0.15, 0.2) is 0 Å². The van der Waals surface area contributed by atoms with Crippen LogP contribution in [0.3, 0.4) is 0 Å². The predicted molar refractivity (Wildman–Crippen MR) is 61.2 cm³/mol. The van der Waals surface area contributed by atoms with E-state index in [2.05, 4.69) is 25.1 Å². The van der Waals surface area contributed by atoms with Crippen molar-refractivity contribution in [3.8, 4) is 6.07 Å². The Morgan fingerprint density at radius 2 is 2.00 bits per heavy atom. The molecule has 0 aliphatic heterocycles. The molecule has 0 N–H and O–H groups in total. The van der Waals surface area contributed by atoms with Gasteiger partial charge in [0.1, 0.15) is 0 Å². The minimum atomic E-state index is 0.394. The van der Waals surface area contributed by atoms with Crippen molar-refractivity contribution in [3.63, 3.8) is 0 Å². The van der Waals surface area contributed by atoms with Crippen molar-refractivity contribution in [2.45, 2.75) is 32.1 Å². The molecule has 2 nitrogen and oxygen atoms in total. The maximum absolute atomic E-state index is 9.21. The monoisotopic (exact) mass is 206 g/mol. The van der Waals surface area contributed by atoms with Gasteiger partial charge < -0.3 is 4.90 Å². The van der Waals surface area contributed by atoms with Crippen LogP contribution >= 0.6 is 0 Å². The van der Waals surface area contributed by atoms with Crippen LogP contribution in [-0.4, -0.2) is 25.5 Å². The first-order valence-electron chi connectivity index (χ1n) is 6.26. The molecule has 0 spiro atoms. The van der Waals surface area contributed by atoms with Gasteiger partial charge in [-0.25, -0.2) is 0 Å². The van der Waals surface area contributed by atoms with Crippen LogP contribution in [-0.2, 0) is 0 Å². The lowest BCUT2D eigenvalue weighted by Gasteiger charge is -2.26. The van der Waals surface area contributed by atoms with E-state index >= 15 is 0 Å². The molecule has 2 fully saturated rings. The SMILES string of the molecule is CN(C)CCCC1C2CCC(C2)C1C#N. The summed E-state index contributed by atoms with van der Waals surface area (Å²) in [5.74, 6) is 2.77. The Morgan fingerprint density at radius 3 is 2.67 bits per heavy atom. The van der Waals surface area contributed by atoms with Gasteiger partial charge in [-0.15, -0.1) is 0 Å². The summed E-state index contributed by atoms with van der Waals surface area (Å²) >= 11 is 0. The normalized spacial score (nSPS) is 38.5. The molecule has 4 unspecified atom stereocenters. The molecule has 2 heteroatoms. The average Bonchev–Trinajstić information content (AvgIpc) is 2.76. The lowest BCUT2D eigenvalue weighted by Crippen LogP contribution is -2.22. The highest BCUT2D eigenvalue weighted by Crippen LogP contribution is 2.53. The summed E-state index contributed by atoms with van der Waals surface area (Å²) in [6.07, 6.45) is 6.62. The summed E-state index contributed by atoms with van der Waals surface area (Å²) in [7, 11) is 4.26. The summed E-state index contributed by atoms with van der Waals surface area (Å²) in [6, 6.07) is 2.57. The van der Waals surface area contributed by atoms with Crippen LogP contribution in [0.25, 0.3) is 0 Å². The van der Waals surface area contributed by atoms with Gasteiger partial charge in [-0.2, -0.15) is 5.26 Å². The van der Waals surface area contributed by atoms with Crippen molar-refractivity contribution in [2.75, 3.05) is 20.6 Å². The van der Waals surface area contributed by atoms with Crippen molar-refractivity contribution < 1.29 is 0 Å². The van der Waals surface area contributed by atoms with E-state index in [0.29, 0.717) is 5.92 Å². The lowest BCUT2D eigenvalue weighted by molar-refractivity contribution is 0.242. The Balaban J connectivity index is 1.84. The van der Waals surface area contributed by atoms with Gasteiger partial charge in [-0.05, 0) is 70.5 Å². The molecule has 0 heterocycles. The van der Waals surface area contributed by atoms with Gasteiger partial charge in [0.05, 0.1) is 12.0 Å². The molecule has 84 valence electrons. The lowest BCUT2D eigenvalue weighted by atomic mass is 9.78. The second-order valence-corrected chi connectivity index (χ2v) is 5.60. The van der Waals surface area contributed by atoms with E-state index < -0.39 is 0 Å². The third-order valence-corrected chi connectivity index (χ3v) is 4.38. The summed E-state index contributed by atoms with van der Waals surface area (Å²) in [5.41, 5.74) is 0. The highest BCUT2D eigenvalue weighted by atomic mass is 15.0. The molecule has 0 aromatic heterocycles. The van der Waals surface area contributed by atoms with Crippen molar-refractivity contribution in [2.24, 2.45) is 23.7 Å². The molecule has 2 aliphatic carbocycles. The van der Waals surface area contributed by atoms with E-state index in [1.165, 1.54) is 38.6 Å². The fourth-order valence-corrected chi connectivity index (χ4v) is 3.67. The molecule has 2 rings (SSSR count). The molecule has 15 heavy (non-hydrogen) atoms. The van der Waals surface area contributed by atoms with Crippen LogP contribution in [0.2, 0.25) is 0 Å². The molecular formula is C13H22N2. The Hall–Kier alpha value is -0.550. The topological polar surface area (TPSA) is 27.0 Å². The number of nitrogens with zero attached hydrogens (tertiary/aromatic N) is 2. The molecule has 0 aromatic rings. The van der Waals surface area contributed by atoms with Crippen LogP contribution in [0.5, 0.6) is 0 Å². The van der Waals surface area contributed by atoms with Crippen molar-refractivity contribution in [1.29, 1.82) is 5.26 Å². The standard InChI is InChI=1S/C13H22N2/c1-15(2)7-3-4-12-10-5-6-11(8-10)13(12)9-14/h10-13H,3-8H2,1-2H3. The first kappa shape index (κ1) is 11.0. The molecule has 4 atom stereocenters. The van der Waals surface area contributed by atoms with Crippen LogP contribution in [0, 0.1) is 35.0 Å². The zero-order valence-electron chi connectivity index (χ0n) is 9.95. The minimum Gasteiger partial charge on any atom is -0.309 e. The van der Waals surface area contributed by atoms with Crippen molar-refractivity contribution in [3.05, 3.63) is 0 Å². The molecule has 0 saturated heterocycles. The van der Waals surface area contributed by atoms with Gasteiger partial charge in [-0.1, -0.05) is 0 Å². The maximum atomic E-state index is 9.21. The summed E-state index contributed by atoms with van der Waals surface area (Å²) in [4.78, 5) is 2.24. The van der Waals surface area contributed by atoms with E-state index in [0.717, 1.165) is 17.8 Å². The molecule has 2 bridgehead atoms. The first-order valence-corrected chi connectivity index (χ1v) is 6.26. The van der Waals surface area contributed by atoms with Gasteiger partial charge in [0.2, 0.25) is 0 Å². The molecule has 2 aliphatic rings. The van der Waals surface area contributed by atoms with E-state index in [-0.39, 0.29) is 0 Å². The van der Waals surface area contributed by atoms with Gasteiger partial charge >= 0.3 is 0 Å². The van der Waals surface area contributed by atoms with Gasteiger partial charge in [-0.3, -0.25) is 0 Å². The van der Waals surface area contributed by atoms with E-state index in [4.69, 9.17) is 0 Å². The quantitative estimate of drug-likeness (QED) is 0.706. The van der Waals surface area contributed by atoms with E-state index in [1.54, 1.807) is 0 Å². The maximum Gasteiger partial charge on any atom is 0.0661 e. The third-order valence-electron chi connectivity index (χ3n) is 4.38. The largest absolute Gasteiger partial charge is 0.309 e. The Morgan fingerprint density at radius 1 is 1.27 bits per heavy atom. The number of nitriles is 1. The van der Waals surface area contributed by atoms with Crippen LogP contribution < -0.4 is 0 Å². The van der Waals surface area contributed by atoms with Crippen LogP contribution in [0.1, 0.15) is 32.1 Å². The fraction of sp³-hybridized carbons (Fsp3) is 0.923. The zero-order chi connectivity index (χ0) is 10.8. The number of fused-ring (bicyclic) bond motifs is 2. The van der Waals surface area contributed by atoms with Gasteiger partial charge in [0.25, 0.3) is 0 Å². The fourth-order valence-electron chi connectivity index (χ4n) is 3.67. The predicted octanol–water partition coefficient (Wildman–Crippen LogP) is 2.51. The highest BCUT2D eigenvalue weighted by Gasteiger charge is 2.46. The summed E-state index contributed by atoms with van der Waals surface area (Å²) in [5, 5.41) is 9.21. The minimum absolute atomic E-state index is 0.394. The van der Waals surface area contributed by atoms with Gasteiger partial charge in [0, 0.05) is 0 Å². The van der Waals surface area contributed by atoms with E-state index in [1.807, 2.05) is 0 Å². The number of hydrogen-bond acceptors (Lipinski definition) is 2. The second kappa shape index (κ2) is 4.53. The number of hydrogen-bond donors (Lipinski definition) is 0.